The van der Waals surface area contributed by atoms with Gasteiger partial charge in [-0.1, -0.05) is 37.1 Å². The van der Waals surface area contributed by atoms with E-state index in [1.807, 2.05) is 21.0 Å². The fourth-order valence-electron chi connectivity index (χ4n) is 5.69. The van der Waals surface area contributed by atoms with Crippen molar-refractivity contribution in [2.75, 3.05) is 20.7 Å². The molecule has 1 aromatic carbocycles. The SMILES string of the molecule is CCOC1=C[C@@]2(N(C)C)C(c3ccccc3C(F)(F)F)=C[C@@]13CCCC[C@H]32. The number of ether oxygens (including phenoxy) is 1. The van der Waals surface area contributed by atoms with Gasteiger partial charge in [-0.3, -0.25) is 4.90 Å². The highest BCUT2D eigenvalue weighted by Crippen LogP contribution is 2.68. The Hall–Kier alpha value is -1.75. The van der Waals surface area contributed by atoms with E-state index >= 15 is 0 Å². The first-order chi connectivity index (χ1) is 12.8. The summed E-state index contributed by atoms with van der Waals surface area (Å²) in [6, 6.07) is 5.99. The first-order valence-corrected chi connectivity index (χ1v) is 9.71. The van der Waals surface area contributed by atoms with Crippen molar-refractivity contribution in [3.63, 3.8) is 0 Å². The van der Waals surface area contributed by atoms with E-state index in [2.05, 4.69) is 17.1 Å². The smallest absolute Gasteiger partial charge is 0.416 e. The predicted molar refractivity (Wildman–Crippen MR) is 99.9 cm³/mol. The molecule has 5 heteroatoms. The second-order valence-corrected chi connectivity index (χ2v) is 8.10. The zero-order valence-corrected chi connectivity index (χ0v) is 16.1. The first-order valence-electron chi connectivity index (χ1n) is 9.71. The number of likely N-dealkylation sites (N-methyl/N-ethyl adjacent to an activating group) is 1. The van der Waals surface area contributed by atoms with Gasteiger partial charge in [0.25, 0.3) is 0 Å². The summed E-state index contributed by atoms with van der Waals surface area (Å²) in [5, 5.41) is 0. The molecular formula is C22H26F3NO. The molecule has 27 heavy (non-hydrogen) atoms. The zero-order valence-electron chi connectivity index (χ0n) is 16.1. The van der Waals surface area contributed by atoms with Crippen molar-refractivity contribution in [1.29, 1.82) is 0 Å². The van der Waals surface area contributed by atoms with Crippen molar-refractivity contribution in [3.05, 3.63) is 53.3 Å². The first kappa shape index (κ1) is 18.6. The molecule has 0 radical (unpaired) electrons. The van der Waals surface area contributed by atoms with Crippen molar-refractivity contribution < 1.29 is 17.9 Å². The van der Waals surface area contributed by atoms with Crippen molar-refractivity contribution in [2.45, 2.75) is 44.3 Å². The molecule has 2 bridgehead atoms. The number of halogens is 3. The lowest BCUT2D eigenvalue weighted by Crippen LogP contribution is -2.48. The Balaban J connectivity index is 1.94. The van der Waals surface area contributed by atoms with Crippen LogP contribution < -0.4 is 0 Å². The van der Waals surface area contributed by atoms with Gasteiger partial charge in [-0.05, 0) is 57.1 Å². The van der Waals surface area contributed by atoms with E-state index in [-0.39, 0.29) is 11.3 Å². The third-order valence-corrected chi connectivity index (χ3v) is 6.69. The van der Waals surface area contributed by atoms with Gasteiger partial charge in [0, 0.05) is 5.92 Å². The number of hydrogen-bond acceptors (Lipinski definition) is 2. The van der Waals surface area contributed by atoms with Crippen LogP contribution in [0.15, 0.2) is 42.2 Å². The van der Waals surface area contributed by atoms with Crippen LogP contribution in [0.1, 0.15) is 43.7 Å². The minimum atomic E-state index is -4.37. The molecule has 0 amide bonds. The standard InChI is InChI=1S/C22H26F3NO/c1-4-27-19-14-21(26(2)3)17(13-20(19)12-8-7-11-18(20)21)15-9-5-6-10-16(15)22(23,24)25/h5-6,9-10,13-14,18H,4,7-8,11-12H2,1-3H3/t18-,20-,21-/m1/s1. The average molecular weight is 377 g/mol. The van der Waals surface area contributed by atoms with Crippen molar-refractivity contribution in [3.8, 4) is 0 Å². The molecule has 0 unspecified atom stereocenters. The van der Waals surface area contributed by atoms with E-state index in [0.717, 1.165) is 37.0 Å². The van der Waals surface area contributed by atoms with Crippen LogP contribution in [0, 0.1) is 11.3 Å². The van der Waals surface area contributed by atoms with Crippen molar-refractivity contribution in [1.82, 2.24) is 4.90 Å². The third kappa shape index (κ3) is 2.43. The number of alkyl halides is 3. The third-order valence-electron chi connectivity index (χ3n) is 6.69. The molecule has 4 rings (SSSR count). The van der Waals surface area contributed by atoms with Crippen LogP contribution >= 0.6 is 0 Å². The summed E-state index contributed by atoms with van der Waals surface area (Å²) in [5.74, 6) is 1.18. The Labute approximate surface area is 158 Å². The van der Waals surface area contributed by atoms with Gasteiger partial charge in [-0.15, -0.1) is 0 Å². The highest BCUT2D eigenvalue weighted by atomic mass is 19.4. The molecule has 0 aliphatic heterocycles. The fourth-order valence-corrected chi connectivity index (χ4v) is 5.69. The summed E-state index contributed by atoms with van der Waals surface area (Å²) >= 11 is 0. The van der Waals surface area contributed by atoms with Gasteiger partial charge >= 0.3 is 6.18 Å². The van der Waals surface area contributed by atoms with Crippen LogP contribution in [0.25, 0.3) is 5.57 Å². The number of rotatable bonds is 4. The van der Waals surface area contributed by atoms with Gasteiger partial charge in [0.1, 0.15) is 5.76 Å². The number of hydrogen-bond donors (Lipinski definition) is 0. The second-order valence-electron chi connectivity index (χ2n) is 8.10. The van der Waals surface area contributed by atoms with Crippen molar-refractivity contribution >= 4 is 5.57 Å². The molecule has 3 aliphatic rings. The Morgan fingerprint density at radius 3 is 2.56 bits per heavy atom. The summed E-state index contributed by atoms with van der Waals surface area (Å²) in [5.41, 5.74) is -0.279. The molecule has 0 spiro atoms. The Bertz CT molecular complexity index is 810. The fraction of sp³-hybridized carbons (Fsp3) is 0.545. The van der Waals surface area contributed by atoms with Crippen LogP contribution in [0.5, 0.6) is 0 Å². The Morgan fingerprint density at radius 2 is 1.89 bits per heavy atom. The summed E-state index contributed by atoms with van der Waals surface area (Å²) in [6.07, 6.45) is 3.99. The summed E-state index contributed by atoms with van der Waals surface area (Å²) < 4.78 is 47.3. The normalized spacial score (nSPS) is 32.3. The van der Waals surface area contributed by atoms with Crippen LogP contribution in [-0.2, 0) is 10.9 Å². The molecule has 0 saturated heterocycles. The number of allylic oxidation sites excluding steroid dienone is 1. The number of nitrogens with zero attached hydrogens (tertiary/aromatic N) is 1. The highest BCUT2D eigenvalue weighted by Gasteiger charge is 2.65. The van der Waals surface area contributed by atoms with Gasteiger partial charge in [-0.25, -0.2) is 0 Å². The quantitative estimate of drug-likeness (QED) is 0.686. The maximum atomic E-state index is 13.8. The monoisotopic (exact) mass is 377 g/mol. The van der Waals surface area contributed by atoms with Gasteiger partial charge < -0.3 is 4.74 Å². The lowest BCUT2D eigenvalue weighted by atomic mass is 9.66. The molecule has 1 aromatic rings. The summed E-state index contributed by atoms with van der Waals surface area (Å²) in [4.78, 5) is 2.09. The second kappa shape index (κ2) is 6.13. The molecule has 1 fully saturated rings. The lowest BCUT2D eigenvalue weighted by Gasteiger charge is -2.44. The van der Waals surface area contributed by atoms with E-state index in [1.54, 1.807) is 12.1 Å². The predicted octanol–water partition coefficient (Wildman–Crippen LogP) is 5.51. The molecule has 2 nitrogen and oxygen atoms in total. The topological polar surface area (TPSA) is 12.5 Å². The van der Waals surface area contributed by atoms with E-state index in [9.17, 15) is 13.2 Å². The largest absolute Gasteiger partial charge is 0.498 e. The molecule has 3 atom stereocenters. The minimum absolute atomic E-state index is 0.228. The van der Waals surface area contributed by atoms with Gasteiger partial charge in [0.15, 0.2) is 0 Å². The summed E-state index contributed by atoms with van der Waals surface area (Å²) in [7, 11) is 3.94. The van der Waals surface area contributed by atoms with Crippen LogP contribution in [0.4, 0.5) is 13.2 Å². The van der Waals surface area contributed by atoms with E-state index in [1.165, 1.54) is 12.1 Å². The maximum absolute atomic E-state index is 13.8. The van der Waals surface area contributed by atoms with Crippen molar-refractivity contribution in [2.24, 2.45) is 11.3 Å². The number of benzene rings is 1. The lowest BCUT2D eigenvalue weighted by molar-refractivity contribution is -0.137. The molecule has 0 N–H and O–H groups in total. The van der Waals surface area contributed by atoms with Crippen LogP contribution in [0.2, 0.25) is 0 Å². The van der Waals surface area contributed by atoms with E-state index in [4.69, 9.17) is 4.74 Å². The maximum Gasteiger partial charge on any atom is 0.416 e. The molecule has 0 aromatic heterocycles. The van der Waals surface area contributed by atoms with E-state index in [0.29, 0.717) is 12.2 Å². The summed E-state index contributed by atoms with van der Waals surface area (Å²) in [6.45, 7) is 2.54. The Kier molecular flexibility index (Phi) is 4.22. The van der Waals surface area contributed by atoms with Gasteiger partial charge in [0.05, 0.1) is 23.1 Å². The molecule has 146 valence electrons. The molecular weight excluding hydrogens is 351 g/mol. The van der Waals surface area contributed by atoms with Gasteiger partial charge in [0.2, 0.25) is 0 Å². The zero-order chi connectivity index (χ0) is 19.4. The molecule has 1 saturated carbocycles. The molecule has 0 heterocycles. The Morgan fingerprint density at radius 1 is 1.15 bits per heavy atom. The van der Waals surface area contributed by atoms with Crippen LogP contribution in [0.3, 0.4) is 0 Å². The highest BCUT2D eigenvalue weighted by molar-refractivity contribution is 5.84. The van der Waals surface area contributed by atoms with E-state index < -0.39 is 17.3 Å². The average Bonchev–Trinajstić information content (AvgIpc) is 3.08. The van der Waals surface area contributed by atoms with Crippen LogP contribution in [-0.4, -0.2) is 31.1 Å². The molecule has 3 aliphatic carbocycles. The minimum Gasteiger partial charge on any atom is -0.498 e. The van der Waals surface area contributed by atoms with Gasteiger partial charge in [-0.2, -0.15) is 13.2 Å².